The molecule has 0 saturated carbocycles. The van der Waals surface area contributed by atoms with Gasteiger partial charge in [0.15, 0.2) is 0 Å². The normalized spacial score (nSPS) is 7.29. The molecule has 0 spiro atoms. The Hall–Kier alpha value is -1.44. The fraction of sp³-hybridized carbons (Fsp3) is 0. The zero-order chi connectivity index (χ0) is 12.0. The minimum Gasteiger partial charge on any atom is -0.192 e. The van der Waals surface area contributed by atoms with Crippen molar-refractivity contribution in [1.82, 2.24) is 0 Å². The monoisotopic (exact) mass is 243 g/mol. The average molecular weight is 243 g/mol. The smallest absolute Gasteiger partial charge is 0.192 e. The molecule has 1 aromatic rings. The van der Waals surface area contributed by atoms with Crippen LogP contribution in [0.15, 0.2) is 24.3 Å². The van der Waals surface area contributed by atoms with E-state index in [0.717, 1.165) is 0 Å². The van der Waals surface area contributed by atoms with Crippen LogP contribution in [0.4, 0.5) is 0 Å². The van der Waals surface area contributed by atoms with Gasteiger partial charge in [-0.2, -0.15) is 21.0 Å². The number of rotatable bonds is 0. The van der Waals surface area contributed by atoms with Gasteiger partial charge in [0.2, 0.25) is 0 Å². The Morgan fingerprint density at radius 2 is 0.882 bits per heavy atom. The molecule has 1 rings (SSSR count). The number of nitriles is 4. The van der Waals surface area contributed by atoms with Crippen molar-refractivity contribution in [3.05, 3.63) is 34.7 Å². The summed E-state index contributed by atoms with van der Waals surface area (Å²) in [6.45, 7) is 0. The molecule has 0 heterocycles. The van der Waals surface area contributed by atoms with Gasteiger partial charge in [-0.15, -0.1) is 0 Å². The standard InChI is InChI=1S/C12H4N4.K/c13-5-11(6-14)9-1-2-10(4-3-9)12(7-15)8-16;/h1-4H;/q;+1. The van der Waals surface area contributed by atoms with E-state index in [-0.39, 0.29) is 62.5 Å². The Morgan fingerprint density at radius 1 is 0.647 bits per heavy atom. The molecule has 0 saturated heterocycles. The maximum absolute atomic E-state index is 8.63. The maximum atomic E-state index is 8.63. The van der Waals surface area contributed by atoms with Crippen molar-refractivity contribution >= 4 is 11.1 Å². The second kappa shape index (κ2) is 7.77. The molecule has 0 N–H and O–H groups in total. The summed E-state index contributed by atoms with van der Waals surface area (Å²) in [6.07, 6.45) is 0. The summed E-state index contributed by atoms with van der Waals surface area (Å²) in [5.41, 5.74) is 0.00373. The average Bonchev–Trinajstić information content (AvgIpc) is 2.34. The summed E-state index contributed by atoms with van der Waals surface area (Å²) in [4.78, 5) is 0. The van der Waals surface area contributed by atoms with E-state index in [0.29, 0.717) is 10.4 Å². The molecular weight excluding hydrogens is 239 g/mol. The first-order chi connectivity index (χ1) is 7.76. The molecule has 0 unspecified atom stereocenters. The predicted octanol–water partition coefficient (Wildman–Crippen LogP) is -2.91. The van der Waals surface area contributed by atoms with E-state index in [2.05, 4.69) is 0 Å². The molecule has 0 amide bonds. The van der Waals surface area contributed by atoms with Gasteiger partial charge in [0.25, 0.3) is 0 Å². The minimum absolute atomic E-state index is 0. The Labute approximate surface area is 141 Å². The fourth-order valence-electron chi connectivity index (χ4n) is 1.11. The molecule has 0 aromatic heterocycles. The van der Waals surface area contributed by atoms with Gasteiger partial charge in [-0.05, 0) is 0 Å². The summed E-state index contributed by atoms with van der Waals surface area (Å²) < 4.78 is 0. The van der Waals surface area contributed by atoms with Gasteiger partial charge in [-0.25, -0.2) is 0 Å². The number of hydrogen-bond donors (Lipinski definition) is 0. The summed E-state index contributed by atoms with van der Waals surface area (Å²) >= 11 is 0. The van der Waals surface area contributed by atoms with Crippen LogP contribution in [0.5, 0.6) is 0 Å². The van der Waals surface area contributed by atoms with Crippen molar-refractivity contribution < 1.29 is 51.4 Å². The Morgan fingerprint density at radius 3 is 1.06 bits per heavy atom. The second-order valence-electron chi connectivity index (χ2n) is 2.77. The Balaban J connectivity index is 0.00000256. The summed E-state index contributed by atoms with van der Waals surface area (Å²) in [7, 11) is 0. The molecule has 4 nitrogen and oxygen atoms in total. The molecule has 0 aliphatic rings. The molecule has 1 aromatic carbocycles. The Bertz CT molecular complexity index is 587. The molecule has 0 atom stereocenters. The van der Waals surface area contributed by atoms with Gasteiger partial charge < -0.3 is 0 Å². The number of hydrogen-bond acceptors (Lipinski definition) is 4. The van der Waals surface area contributed by atoms with Crippen molar-refractivity contribution in [3.8, 4) is 24.3 Å². The number of benzene rings is 1. The van der Waals surface area contributed by atoms with Crippen molar-refractivity contribution in [1.29, 1.82) is 21.0 Å². The van der Waals surface area contributed by atoms with Crippen molar-refractivity contribution in [2.75, 3.05) is 0 Å². The van der Waals surface area contributed by atoms with Crippen LogP contribution in [-0.2, 0) is 0 Å². The SMILES string of the molecule is N#CC(C#N)=c1ccc(=C(C#N)C#N)cc1.[K+]. The van der Waals surface area contributed by atoms with Crippen LogP contribution < -0.4 is 61.8 Å². The van der Waals surface area contributed by atoms with Gasteiger partial charge in [0.1, 0.15) is 35.4 Å². The first kappa shape index (κ1) is 15.6. The fourth-order valence-corrected chi connectivity index (χ4v) is 1.11. The Kier molecular flexibility index (Phi) is 7.11. The van der Waals surface area contributed by atoms with Crippen LogP contribution in [0.25, 0.3) is 11.1 Å². The topological polar surface area (TPSA) is 95.2 Å². The summed E-state index contributed by atoms with van der Waals surface area (Å²) in [6, 6.07) is 13.2. The van der Waals surface area contributed by atoms with Crippen LogP contribution in [0.2, 0.25) is 0 Å². The van der Waals surface area contributed by atoms with Crippen molar-refractivity contribution in [2.24, 2.45) is 0 Å². The maximum Gasteiger partial charge on any atom is 1.00 e. The third kappa shape index (κ3) is 3.81. The number of nitrogens with zero attached hydrogens (tertiary/aromatic N) is 4. The van der Waals surface area contributed by atoms with Gasteiger partial charge in [0.05, 0.1) is 0 Å². The van der Waals surface area contributed by atoms with E-state index < -0.39 is 0 Å². The first-order valence-electron chi connectivity index (χ1n) is 4.22. The van der Waals surface area contributed by atoms with Gasteiger partial charge in [-0.1, -0.05) is 24.3 Å². The molecule has 72 valence electrons. The van der Waals surface area contributed by atoms with Gasteiger partial charge in [0, 0.05) is 10.4 Å². The molecule has 0 fully saturated rings. The third-order valence-electron chi connectivity index (χ3n) is 1.91. The van der Waals surface area contributed by atoms with Gasteiger partial charge in [-0.3, -0.25) is 0 Å². The van der Waals surface area contributed by atoms with Crippen LogP contribution in [0.1, 0.15) is 0 Å². The third-order valence-corrected chi connectivity index (χ3v) is 1.91. The van der Waals surface area contributed by atoms with E-state index in [1.54, 1.807) is 24.3 Å². The van der Waals surface area contributed by atoms with Crippen molar-refractivity contribution in [3.63, 3.8) is 0 Å². The van der Waals surface area contributed by atoms with Gasteiger partial charge >= 0.3 is 51.4 Å². The van der Waals surface area contributed by atoms with E-state index in [1.807, 2.05) is 0 Å². The quantitative estimate of drug-likeness (QED) is 0.456. The molecule has 17 heavy (non-hydrogen) atoms. The largest absolute Gasteiger partial charge is 1.00 e. The zero-order valence-corrected chi connectivity index (χ0v) is 12.2. The first-order valence-corrected chi connectivity index (χ1v) is 4.22. The van der Waals surface area contributed by atoms with Crippen molar-refractivity contribution in [2.45, 2.75) is 0 Å². The molecule has 0 aliphatic heterocycles. The van der Waals surface area contributed by atoms with Crippen LogP contribution in [0.3, 0.4) is 0 Å². The molecule has 0 aliphatic carbocycles. The van der Waals surface area contributed by atoms with E-state index in [4.69, 9.17) is 21.0 Å². The molecule has 5 heteroatoms. The summed E-state index contributed by atoms with van der Waals surface area (Å²) in [5.74, 6) is 0. The summed E-state index contributed by atoms with van der Waals surface area (Å²) in [5, 5.41) is 35.5. The van der Waals surface area contributed by atoms with Crippen LogP contribution in [0, 0.1) is 45.3 Å². The minimum atomic E-state index is 0. The molecular formula is C12H4KN4+. The second-order valence-corrected chi connectivity index (χ2v) is 2.77. The molecule has 0 radical (unpaired) electrons. The van der Waals surface area contributed by atoms with Crippen LogP contribution in [-0.4, -0.2) is 0 Å². The van der Waals surface area contributed by atoms with E-state index >= 15 is 0 Å². The van der Waals surface area contributed by atoms with E-state index in [1.165, 1.54) is 24.3 Å². The predicted molar refractivity (Wildman–Crippen MR) is 55.0 cm³/mol. The van der Waals surface area contributed by atoms with Crippen LogP contribution >= 0.6 is 0 Å². The van der Waals surface area contributed by atoms with E-state index in [9.17, 15) is 0 Å². The zero-order valence-electron chi connectivity index (χ0n) is 9.10. The molecule has 0 bridgehead atoms.